The summed E-state index contributed by atoms with van der Waals surface area (Å²) in [4.78, 5) is 29.5. The minimum atomic E-state index is -0.926. The molecule has 1 N–H and O–H groups in total. The molecule has 1 aliphatic heterocycles. The van der Waals surface area contributed by atoms with Crippen molar-refractivity contribution in [1.29, 1.82) is 0 Å². The van der Waals surface area contributed by atoms with Crippen molar-refractivity contribution in [1.82, 2.24) is 10.3 Å². The number of imide groups is 1. The quantitative estimate of drug-likeness (QED) is 0.865. The lowest BCUT2D eigenvalue weighted by Gasteiger charge is -2.16. The highest BCUT2D eigenvalue weighted by atomic mass is 16.5. The van der Waals surface area contributed by atoms with E-state index in [9.17, 15) is 9.59 Å². The predicted molar refractivity (Wildman–Crippen MR) is 92.1 cm³/mol. The molecule has 0 atom stereocenters. The van der Waals surface area contributed by atoms with Crippen LogP contribution in [-0.2, 0) is 4.79 Å². The Morgan fingerprint density at radius 3 is 2.48 bits per heavy atom. The monoisotopic (exact) mass is 341 g/mol. The highest BCUT2D eigenvalue weighted by Crippen LogP contribution is 2.29. The number of amides is 3. The summed E-state index contributed by atoms with van der Waals surface area (Å²) >= 11 is 0. The van der Waals surface area contributed by atoms with Crippen molar-refractivity contribution in [3.05, 3.63) is 42.1 Å². The number of pyridine rings is 1. The van der Waals surface area contributed by atoms with Crippen molar-refractivity contribution in [3.8, 4) is 17.4 Å². The smallest absolute Gasteiger partial charge is 0.329 e. The van der Waals surface area contributed by atoms with Crippen molar-refractivity contribution in [2.75, 3.05) is 12.0 Å². The van der Waals surface area contributed by atoms with Gasteiger partial charge in [0.15, 0.2) is 0 Å². The largest absolute Gasteiger partial charge is 0.496 e. The number of benzene rings is 1. The van der Waals surface area contributed by atoms with Gasteiger partial charge in [-0.2, -0.15) is 0 Å². The van der Waals surface area contributed by atoms with Crippen molar-refractivity contribution in [3.63, 3.8) is 0 Å². The number of hydrogen-bond acceptors (Lipinski definition) is 5. The maximum absolute atomic E-state index is 12.3. The summed E-state index contributed by atoms with van der Waals surface area (Å²) in [6, 6.07) is 8.23. The number of methoxy groups -OCH3 is 1. The fourth-order valence-electron chi connectivity index (χ4n) is 2.53. The molecule has 2 heterocycles. The Morgan fingerprint density at radius 1 is 1.16 bits per heavy atom. The summed E-state index contributed by atoms with van der Waals surface area (Å²) in [5, 5.41) is 2.63. The Hall–Kier alpha value is -3.09. The summed E-state index contributed by atoms with van der Waals surface area (Å²) < 4.78 is 11.0. The summed E-state index contributed by atoms with van der Waals surface area (Å²) in [6.07, 6.45) is 1.43. The van der Waals surface area contributed by atoms with Crippen LogP contribution in [0.2, 0.25) is 0 Å². The molecule has 1 aromatic carbocycles. The number of nitrogens with zero attached hydrogens (tertiary/aromatic N) is 2. The van der Waals surface area contributed by atoms with E-state index in [0.29, 0.717) is 17.3 Å². The molecule has 7 heteroatoms. The van der Waals surface area contributed by atoms with Crippen LogP contribution in [0, 0.1) is 6.92 Å². The van der Waals surface area contributed by atoms with Gasteiger partial charge in [-0.3, -0.25) is 4.79 Å². The molecule has 3 amide bonds. The molecule has 0 unspecified atom stereocenters. The number of hydrogen-bond donors (Lipinski definition) is 1. The first-order valence-electron chi connectivity index (χ1n) is 7.77. The number of ether oxygens (including phenoxy) is 2. The van der Waals surface area contributed by atoms with Crippen molar-refractivity contribution in [2.24, 2.45) is 0 Å². The summed E-state index contributed by atoms with van der Waals surface area (Å²) in [5.41, 5.74) is 0.464. The van der Waals surface area contributed by atoms with Crippen molar-refractivity contribution < 1.29 is 19.1 Å². The average Bonchev–Trinajstić information content (AvgIpc) is 2.78. The zero-order chi connectivity index (χ0) is 18.2. The first-order chi connectivity index (χ1) is 11.8. The lowest BCUT2D eigenvalue weighted by atomic mass is 10.1. The highest BCUT2D eigenvalue weighted by Gasteiger charge is 2.45. The number of carbonyl (C=O) groups excluding carboxylic acids is 2. The van der Waals surface area contributed by atoms with E-state index in [1.165, 1.54) is 6.20 Å². The van der Waals surface area contributed by atoms with Crippen LogP contribution in [0.15, 0.2) is 36.5 Å². The van der Waals surface area contributed by atoms with Crippen molar-refractivity contribution >= 4 is 17.6 Å². The van der Waals surface area contributed by atoms with Crippen LogP contribution in [0.5, 0.6) is 17.4 Å². The van der Waals surface area contributed by atoms with E-state index in [2.05, 4.69) is 10.3 Å². The SMILES string of the molecule is COc1cc(Oc2ccc(N3C(=O)NC(C)(C)C3=O)cn2)ccc1C. The van der Waals surface area contributed by atoms with Gasteiger partial charge >= 0.3 is 6.03 Å². The molecule has 0 bridgehead atoms. The van der Waals surface area contributed by atoms with Crippen LogP contribution in [0.1, 0.15) is 19.4 Å². The molecule has 1 fully saturated rings. The Balaban J connectivity index is 1.79. The second kappa shape index (κ2) is 6.08. The van der Waals surface area contributed by atoms with Crippen LogP contribution in [0.25, 0.3) is 0 Å². The van der Waals surface area contributed by atoms with E-state index < -0.39 is 11.6 Å². The molecule has 0 aliphatic carbocycles. The first-order valence-corrected chi connectivity index (χ1v) is 7.77. The van der Waals surface area contributed by atoms with Gasteiger partial charge in [0.25, 0.3) is 5.91 Å². The predicted octanol–water partition coefficient (Wildman–Crippen LogP) is 3.03. The molecule has 1 aliphatic rings. The van der Waals surface area contributed by atoms with E-state index in [-0.39, 0.29) is 5.91 Å². The zero-order valence-electron chi connectivity index (χ0n) is 14.5. The molecule has 3 rings (SSSR count). The summed E-state index contributed by atoms with van der Waals surface area (Å²) in [5.74, 6) is 1.33. The fourth-order valence-corrected chi connectivity index (χ4v) is 2.53. The van der Waals surface area contributed by atoms with Gasteiger partial charge in [0.2, 0.25) is 5.88 Å². The average molecular weight is 341 g/mol. The Bertz CT molecular complexity index is 831. The van der Waals surface area contributed by atoms with Gasteiger partial charge in [-0.1, -0.05) is 6.07 Å². The summed E-state index contributed by atoms with van der Waals surface area (Å²) in [6.45, 7) is 5.25. The van der Waals surface area contributed by atoms with Crippen LogP contribution < -0.4 is 19.7 Å². The third-order valence-electron chi connectivity index (χ3n) is 3.94. The number of urea groups is 1. The molecule has 7 nitrogen and oxygen atoms in total. The van der Waals surface area contributed by atoms with Gasteiger partial charge in [0, 0.05) is 12.1 Å². The van der Waals surface area contributed by atoms with Crippen molar-refractivity contribution in [2.45, 2.75) is 26.3 Å². The molecular formula is C18H19N3O4. The van der Waals surface area contributed by atoms with Gasteiger partial charge in [0.1, 0.15) is 17.0 Å². The lowest BCUT2D eigenvalue weighted by molar-refractivity contribution is -0.121. The van der Waals surface area contributed by atoms with Crippen LogP contribution in [0.3, 0.4) is 0 Å². The fraction of sp³-hybridized carbons (Fsp3) is 0.278. The maximum Gasteiger partial charge on any atom is 0.329 e. The standard InChI is InChI=1S/C18H19N3O4/c1-11-5-7-13(9-14(11)24-4)25-15-8-6-12(10-19-15)21-16(22)18(2,3)20-17(21)23/h5-10H,1-4H3,(H,20,23). The normalized spacial score (nSPS) is 15.9. The molecule has 2 aromatic rings. The van der Waals surface area contributed by atoms with Gasteiger partial charge in [0.05, 0.1) is 19.0 Å². The molecular weight excluding hydrogens is 322 g/mol. The molecule has 1 aromatic heterocycles. The second-order valence-corrected chi connectivity index (χ2v) is 6.28. The zero-order valence-corrected chi connectivity index (χ0v) is 14.5. The Kier molecular flexibility index (Phi) is 4.08. The van der Waals surface area contributed by atoms with E-state index in [1.807, 2.05) is 19.1 Å². The third kappa shape index (κ3) is 3.13. The molecule has 0 saturated carbocycles. The molecule has 0 radical (unpaired) electrons. The van der Waals surface area contributed by atoms with E-state index in [0.717, 1.165) is 16.2 Å². The number of nitrogens with one attached hydrogen (secondary N) is 1. The van der Waals surface area contributed by atoms with Gasteiger partial charge in [-0.15, -0.1) is 0 Å². The van der Waals surface area contributed by atoms with E-state index in [4.69, 9.17) is 9.47 Å². The number of aromatic nitrogens is 1. The molecule has 130 valence electrons. The number of rotatable bonds is 4. The number of anilines is 1. The number of carbonyl (C=O) groups is 2. The molecule has 1 saturated heterocycles. The Labute approximate surface area is 145 Å². The van der Waals surface area contributed by atoms with Crippen LogP contribution in [0.4, 0.5) is 10.5 Å². The van der Waals surface area contributed by atoms with Gasteiger partial charge in [-0.25, -0.2) is 14.7 Å². The first kappa shape index (κ1) is 16.8. The minimum absolute atomic E-state index is 0.323. The van der Waals surface area contributed by atoms with Gasteiger partial charge < -0.3 is 14.8 Å². The van der Waals surface area contributed by atoms with Gasteiger partial charge in [-0.05, 0) is 38.5 Å². The Morgan fingerprint density at radius 2 is 1.92 bits per heavy atom. The highest BCUT2D eigenvalue weighted by molar-refractivity contribution is 6.22. The van der Waals surface area contributed by atoms with E-state index in [1.54, 1.807) is 39.2 Å². The maximum atomic E-state index is 12.3. The topological polar surface area (TPSA) is 80.8 Å². The van der Waals surface area contributed by atoms with E-state index >= 15 is 0 Å². The second-order valence-electron chi connectivity index (χ2n) is 6.28. The number of aryl methyl sites for hydroxylation is 1. The van der Waals surface area contributed by atoms with Crippen LogP contribution >= 0.6 is 0 Å². The minimum Gasteiger partial charge on any atom is -0.496 e. The summed E-state index contributed by atoms with van der Waals surface area (Å²) in [7, 11) is 1.60. The molecule has 25 heavy (non-hydrogen) atoms. The molecule has 0 spiro atoms. The van der Waals surface area contributed by atoms with Crippen LogP contribution in [-0.4, -0.2) is 29.6 Å². The third-order valence-corrected chi connectivity index (χ3v) is 3.94. The lowest BCUT2D eigenvalue weighted by Crippen LogP contribution is -2.40.